The Bertz CT molecular complexity index is 255. The first-order chi connectivity index (χ1) is 4.75. The summed E-state index contributed by atoms with van der Waals surface area (Å²) in [4.78, 5) is 0.877. The highest BCUT2D eigenvalue weighted by Gasteiger charge is 2.03. The third-order valence-electron chi connectivity index (χ3n) is 0.989. The molecule has 1 rings (SSSR count). The maximum absolute atomic E-state index is 5.44. The number of thiophene rings is 1. The maximum atomic E-state index is 5.44. The van der Waals surface area contributed by atoms with Gasteiger partial charge >= 0.3 is 0 Å². The van der Waals surface area contributed by atoms with E-state index in [1.165, 1.54) is 11.3 Å². The van der Waals surface area contributed by atoms with Crippen LogP contribution in [0, 0.1) is 0 Å². The van der Waals surface area contributed by atoms with Gasteiger partial charge in [0.05, 0.1) is 4.88 Å². The van der Waals surface area contributed by atoms with Crippen molar-refractivity contribution >= 4 is 33.1 Å². The Kier molecular flexibility index (Phi) is 2.29. The molecule has 0 atom stereocenters. The Morgan fingerprint density at radius 1 is 1.70 bits per heavy atom. The van der Waals surface area contributed by atoms with Crippen molar-refractivity contribution in [1.82, 2.24) is 0 Å². The molecule has 0 aliphatic rings. The molecule has 0 saturated heterocycles. The Hall–Kier alpha value is -0.550. The zero-order valence-corrected chi connectivity index (χ0v) is 7.45. The molecule has 0 aromatic carbocycles. The van der Waals surface area contributed by atoms with Gasteiger partial charge in [0.15, 0.2) is 5.84 Å². The Balaban J connectivity index is 3.05. The number of nitrogens with two attached hydrogens (primary N) is 2. The number of halogens is 1. The van der Waals surface area contributed by atoms with Crippen LogP contribution < -0.4 is 11.6 Å². The van der Waals surface area contributed by atoms with Crippen molar-refractivity contribution in [1.29, 1.82) is 0 Å². The van der Waals surface area contributed by atoms with Crippen LogP contribution >= 0.6 is 27.3 Å². The second-order valence-electron chi connectivity index (χ2n) is 1.61. The molecule has 0 bridgehead atoms. The van der Waals surface area contributed by atoms with Gasteiger partial charge in [-0.25, -0.2) is 0 Å². The zero-order chi connectivity index (χ0) is 7.56. The van der Waals surface area contributed by atoms with E-state index in [1.807, 2.05) is 11.4 Å². The number of hydrogen-bond acceptors (Lipinski definition) is 3. The third kappa shape index (κ3) is 1.30. The predicted octanol–water partition coefficient (Wildman–Crippen LogP) is 1.09. The van der Waals surface area contributed by atoms with Gasteiger partial charge in [-0.2, -0.15) is 5.10 Å². The van der Waals surface area contributed by atoms with Gasteiger partial charge in [0.25, 0.3) is 0 Å². The van der Waals surface area contributed by atoms with Crippen LogP contribution in [-0.4, -0.2) is 5.84 Å². The van der Waals surface area contributed by atoms with Crippen molar-refractivity contribution in [2.45, 2.75) is 0 Å². The minimum Gasteiger partial charge on any atom is -0.381 e. The lowest BCUT2D eigenvalue weighted by molar-refractivity contribution is 1.23. The molecule has 0 saturated carbocycles. The molecular formula is C5H6BrN3S. The van der Waals surface area contributed by atoms with Crippen molar-refractivity contribution in [3.8, 4) is 0 Å². The van der Waals surface area contributed by atoms with Crippen molar-refractivity contribution in [2.75, 3.05) is 0 Å². The zero-order valence-electron chi connectivity index (χ0n) is 5.04. The highest BCUT2D eigenvalue weighted by molar-refractivity contribution is 9.10. The first-order valence-electron chi connectivity index (χ1n) is 2.52. The van der Waals surface area contributed by atoms with Gasteiger partial charge in [0, 0.05) is 4.47 Å². The average Bonchev–Trinajstić information content (AvgIpc) is 2.34. The number of amidine groups is 1. The van der Waals surface area contributed by atoms with Gasteiger partial charge in [-0.05, 0) is 27.4 Å². The summed E-state index contributed by atoms with van der Waals surface area (Å²) in [6, 6.07) is 1.90. The molecule has 0 aliphatic heterocycles. The summed E-state index contributed by atoms with van der Waals surface area (Å²) in [5.74, 6) is 5.34. The monoisotopic (exact) mass is 219 g/mol. The fraction of sp³-hybridized carbons (Fsp3) is 0. The molecule has 1 aromatic rings. The van der Waals surface area contributed by atoms with Gasteiger partial charge in [-0.15, -0.1) is 11.3 Å². The second kappa shape index (κ2) is 3.03. The summed E-state index contributed by atoms with van der Waals surface area (Å²) in [6.07, 6.45) is 0. The van der Waals surface area contributed by atoms with Crippen LogP contribution in [0.3, 0.4) is 0 Å². The summed E-state index contributed by atoms with van der Waals surface area (Å²) >= 11 is 4.80. The molecular weight excluding hydrogens is 214 g/mol. The Labute approximate surface area is 70.8 Å². The van der Waals surface area contributed by atoms with Crippen molar-refractivity contribution in [3.63, 3.8) is 0 Å². The van der Waals surface area contributed by atoms with E-state index in [0.717, 1.165) is 9.35 Å². The van der Waals surface area contributed by atoms with Gasteiger partial charge in [0.2, 0.25) is 0 Å². The van der Waals surface area contributed by atoms with Crippen LogP contribution in [0.2, 0.25) is 0 Å². The van der Waals surface area contributed by atoms with Crippen LogP contribution in [0.5, 0.6) is 0 Å². The Morgan fingerprint density at radius 3 is 2.80 bits per heavy atom. The minimum absolute atomic E-state index is 0.363. The molecule has 1 heterocycles. The fourth-order valence-corrected chi connectivity index (χ4v) is 2.02. The average molecular weight is 220 g/mol. The third-order valence-corrected chi connectivity index (χ3v) is 2.85. The van der Waals surface area contributed by atoms with E-state index >= 15 is 0 Å². The van der Waals surface area contributed by atoms with Crippen LogP contribution in [0.1, 0.15) is 4.88 Å². The minimum atomic E-state index is 0.363. The van der Waals surface area contributed by atoms with Crippen LogP contribution in [-0.2, 0) is 0 Å². The summed E-state index contributed by atoms with van der Waals surface area (Å²) in [7, 11) is 0. The van der Waals surface area contributed by atoms with E-state index < -0.39 is 0 Å². The second-order valence-corrected chi connectivity index (χ2v) is 3.38. The smallest absolute Gasteiger partial charge is 0.161 e. The van der Waals surface area contributed by atoms with E-state index in [0.29, 0.717) is 5.84 Å². The molecule has 5 heteroatoms. The van der Waals surface area contributed by atoms with Gasteiger partial charge in [0.1, 0.15) is 0 Å². The van der Waals surface area contributed by atoms with E-state index in [4.69, 9.17) is 11.6 Å². The van der Waals surface area contributed by atoms with E-state index in [-0.39, 0.29) is 0 Å². The lowest BCUT2D eigenvalue weighted by Crippen LogP contribution is -2.14. The topological polar surface area (TPSA) is 64.4 Å². The molecule has 1 aromatic heterocycles. The number of nitrogens with zero attached hydrogens (tertiary/aromatic N) is 1. The lowest BCUT2D eigenvalue weighted by atomic mass is 10.4. The molecule has 10 heavy (non-hydrogen) atoms. The first kappa shape index (κ1) is 7.56. The van der Waals surface area contributed by atoms with E-state index in [1.54, 1.807) is 0 Å². The summed E-state index contributed by atoms with van der Waals surface area (Å²) < 4.78 is 0.934. The van der Waals surface area contributed by atoms with E-state index in [2.05, 4.69) is 21.0 Å². The van der Waals surface area contributed by atoms with Gasteiger partial charge < -0.3 is 11.6 Å². The number of hydrogen-bond donors (Lipinski definition) is 2. The SMILES string of the molecule is N/N=C(\N)c1sccc1Br. The first-order valence-corrected chi connectivity index (χ1v) is 4.19. The number of hydrazone groups is 1. The van der Waals surface area contributed by atoms with E-state index in [9.17, 15) is 0 Å². The molecule has 0 fully saturated rings. The van der Waals surface area contributed by atoms with Crippen LogP contribution in [0.25, 0.3) is 0 Å². The quantitative estimate of drug-likeness (QED) is 0.322. The lowest BCUT2D eigenvalue weighted by Gasteiger charge is -1.92. The van der Waals surface area contributed by atoms with Crippen LogP contribution in [0.4, 0.5) is 0 Å². The van der Waals surface area contributed by atoms with Gasteiger partial charge in [-0.1, -0.05) is 0 Å². The maximum Gasteiger partial charge on any atom is 0.161 e. The highest BCUT2D eigenvalue weighted by atomic mass is 79.9. The van der Waals surface area contributed by atoms with Crippen LogP contribution in [0.15, 0.2) is 21.0 Å². The highest BCUT2D eigenvalue weighted by Crippen LogP contribution is 2.21. The largest absolute Gasteiger partial charge is 0.381 e. The molecule has 0 spiro atoms. The fourth-order valence-electron chi connectivity index (χ4n) is 0.535. The summed E-state index contributed by atoms with van der Waals surface area (Å²) in [5.41, 5.74) is 5.44. The Morgan fingerprint density at radius 2 is 2.40 bits per heavy atom. The number of rotatable bonds is 1. The normalized spacial score (nSPS) is 11.9. The van der Waals surface area contributed by atoms with Gasteiger partial charge in [-0.3, -0.25) is 0 Å². The standard InChI is InChI=1S/C5H6BrN3S/c6-3-1-2-10-4(3)5(7)9-8/h1-2H,8H2,(H2,7,9). The molecule has 0 radical (unpaired) electrons. The predicted molar refractivity (Wildman–Crippen MR) is 46.9 cm³/mol. The van der Waals surface area contributed by atoms with Crippen molar-refractivity contribution in [3.05, 3.63) is 20.8 Å². The molecule has 54 valence electrons. The molecule has 3 nitrogen and oxygen atoms in total. The van der Waals surface area contributed by atoms with Crippen molar-refractivity contribution in [2.24, 2.45) is 16.7 Å². The molecule has 0 unspecified atom stereocenters. The van der Waals surface area contributed by atoms with Crippen molar-refractivity contribution < 1.29 is 0 Å². The summed E-state index contributed by atoms with van der Waals surface area (Å²) in [6.45, 7) is 0. The molecule has 0 aliphatic carbocycles. The summed E-state index contributed by atoms with van der Waals surface area (Å²) in [5, 5.41) is 5.28. The molecule has 4 N–H and O–H groups in total. The molecule has 0 amide bonds.